The van der Waals surface area contributed by atoms with Crippen molar-refractivity contribution in [3.05, 3.63) is 63.9 Å². The molecule has 5 heteroatoms. The zero-order valence-electron chi connectivity index (χ0n) is 11.3. The molecule has 1 aromatic carbocycles. The van der Waals surface area contributed by atoms with Gasteiger partial charge in [-0.25, -0.2) is 0 Å². The van der Waals surface area contributed by atoms with Crippen molar-refractivity contribution in [2.45, 2.75) is 25.0 Å². The van der Waals surface area contributed by atoms with Crippen LogP contribution in [0, 0.1) is 0 Å². The molecule has 1 aliphatic carbocycles. The van der Waals surface area contributed by atoms with E-state index >= 15 is 0 Å². The van der Waals surface area contributed by atoms with Crippen molar-refractivity contribution in [2.75, 3.05) is 0 Å². The van der Waals surface area contributed by atoms with Crippen LogP contribution in [0.5, 0.6) is 0 Å². The molecule has 0 saturated heterocycles. The number of halogens is 1. The minimum absolute atomic E-state index is 0.197. The van der Waals surface area contributed by atoms with Gasteiger partial charge in [0.25, 0.3) is 5.91 Å². The van der Waals surface area contributed by atoms with Crippen molar-refractivity contribution in [3.8, 4) is 0 Å². The molecule has 0 saturated carbocycles. The number of benzene rings is 1. The Morgan fingerprint density at radius 3 is 2.86 bits per heavy atom. The Morgan fingerprint density at radius 2 is 2.10 bits per heavy atom. The van der Waals surface area contributed by atoms with Gasteiger partial charge in [-0.15, -0.1) is 0 Å². The van der Waals surface area contributed by atoms with Crippen LogP contribution in [0.2, 0.25) is 0 Å². The lowest BCUT2D eigenvalue weighted by Crippen LogP contribution is -2.40. The molecule has 1 amide bonds. The molecule has 2 atom stereocenters. The molecule has 4 nitrogen and oxygen atoms in total. The number of aromatic nitrogens is 1. The molecule has 0 aliphatic heterocycles. The van der Waals surface area contributed by atoms with Crippen LogP contribution in [0.25, 0.3) is 0 Å². The van der Waals surface area contributed by atoms with Crippen molar-refractivity contribution in [1.29, 1.82) is 0 Å². The Balaban J connectivity index is 1.87. The second-order valence-corrected chi connectivity index (χ2v) is 6.04. The van der Waals surface area contributed by atoms with Gasteiger partial charge in [-0.3, -0.25) is 9.78 Å². The molecule has 0 spiro atoms. The Kier molecular flexibility index (Phi) is 4.03. The van der Waals surface area contributed by atoms with E-state index in [-0.39, 0.29) is 5.91 Å². The number of aliphatic hydroxyl groups is 1. The van der Waals surface area contributed by atoms with E-state index in [0.717, 1.165) is 22.2 Å². The number of amides is 1. The molecule has 108 valence electrons. The fraction of sp³-hybridized carbons (Fsp3) is 0.250. The average molecular weight is 347 g/mol. The number of carbonyl (C=O) groups excluding carboxylic acids is 1. The molecular weight excluding hydrogens is 332 g/mol. The number of aliphatic hydroxyl groups excluding tert-OH is 1. The van der Waals surface area contributed by atoms with Crippen LogP contribution >= 0.6 is 15.9 Å². The lowest BCUT2D eigenvalue weighted by molar-refractivity contribution is 0.0783. The third kappa shape index (κ3) is 2.99. The van der Waals surface area contributed by atoms with Gasteiger partial charge < -0.3 is 10.4 Å². The van der Waals surface area contributed by atoms with Crippen LogP contribution in [0.1, 0.15) is 34.1 Å². The molecule has 2 N–H and O–H groups in total. The first-order chi connectivity index (χ1) is 10.1. The highest BCUT2D eigenvalue weighted by Crippen LogP contribution is 2.30. The van der Waals surface area contributed by atoms with E-state index in [4.69, 9.17) is 0 Å². The van der Waals surface area contributed by atoms with Crippen molar-refractivity contribution in [3.63, 3.8) is 0 Å². The van der Waals surface area contributed by atoms with Gasteiger partial charge in [0.1, 0.15) is 0 Å². The first-order valence-corrected chi connectivity index (χ1v) is 7.63. The van der Waals surface area contributed by atoms with Gasteiger partial charge in [-0.1, -0.05) is 18.2 Å². The summed E-state index contributed by atoms with van der Waals surface area (Å²) in [5.74, 6) is -0.197. The summed E-state index contributed by atoms with van der Waals surface area (Å²) < 4.78 is 0.908. The number of nitrogens with zero attached hydrogens (tertiary/aromatic N) is 1. The molecular formula is C16H15BrN2O2. The van der Waals surface area contributed by atoms with E-state index in [1.165, 1.54) is 0 Å². The molecule has 0 radical (unpaired) electrons. The molecule has 1 aromatic heterocycles. The maximum atomic E-state index is 12.3. The van der Waals surface area contributed by atoms with Crippen molar-refractivity contribution in [1.82, 2.24) is 10.3 Å². The first kappa shape index (κ1) is 14.2. The van der Waals surface area contributed by atoms with Crippen molar-refractivity contribution < 1.29 is 9.90 Å². The van der Waals surface area contributed by atoms with E-state index in [9.17, 15) is 9.90 Å². The fourth-order valence-electron chi connectivity index (χ4n) is 2.60. The molecule has 3 rings (SSSR count). The van der Waals surface area contributed by atoms with Gasteiger partial charge in [0.15, 0.2) is 0 Å². The molecule has 0 unspecified atom stereocenters. The fourth-order valence-corrected chi connectivity index (χ4v) is 2.98. The topological polar surface area (TPSA) is 62.2 Å². The zero-order chi connectivity index (χ0) is 14.8. The Labute approximate surface area is 131 Å². The lowest BCUT2D eigenvalue weighted by Gasteiger charge is -2.30. The number of fused-ring (bicyclic) bond motifs is 1. The van der Waals surface area contributed by atoms with Gasteiger partial charge in [0.2, 0.25) is 0 Å². The number of carbonyl (C=O) groups is 1. The largest absolute Gasteiger partial charge is 0.391 e. The zero-order valence-corrected chi connectivity index (χ0v) is 12.9. The number of hydrogen-bond acceptors (Lipinski definition) is 3. The monoisotopic (exact) mass is 346 g/mol. The summed E-state index contributed by atoms with van der Waals surface area (Å²) in [7, 11) is 0. The van der Waals surface area contributed by atoms with Gasteiger partial charge >= 0.3 is 0 Å². The second-order valence-electron chi connectivity index (χ2n) is 5.12. The molecule has 1 heterocycles. The van der Waals surface area contributed by atoms with Crippen LogP contribution in [0.4, 0.5) is 0 Å². The minimum atomic E-state index is -0.612. The third-order valence-electron chi connectivity index (χ3n) is 3.68. The van der Waals surface area contributed by atoms with E-state index in [1.807, 2.05) is 24.3 Å². The highest BCUT2D eigenvalue weighted by molar-refractivity contribution is 9.10. The second kappa shape index (κ2) is 5.95. The predicted octanol–water partition coefficient (Wildman–Crippen LogP) is 2.62. The normalized spacial score (nSPS) is 20.7. The van der Waals surface area contributed by atoms with Crippen molar-refractivity contribution >= 4 is 21.8 Å². The highest BCUT2D eigenvalue weighted by atomic mass is 79.9. The van der Waals surface area contributed by atoms with Gasteiger partial charge in [0, 0.05) is 16.2 Å². The number of rotatable bonds is 2. The Bertz CT molecular complexity index is 661. The van der Waals surface area contributed by atoms with E-state index in [1.54, 1.807) is 18.3 Å². The van der Waals surface area contributed by atoms with Crippen molar-refractivity contribution in [2.24, 2.45) is 0 Å². The third-order valence-corrected chi connectivity index (χ3v) is 4.11. The molecule has 21 heavy (non-hydrogen) atoms. The summed E-state index contributed by atoms with van der Waals surface area (Å²) in [6, 6.07) is 10.5. The van der Waals surface area contributed by atoms with Crippen LogP contribution in [-0.2, 0) is 6.42 Å². The Hall–Kier alpha value is -1.72. The van der Waals surface area contributed by atoms with E-state index < -0.39 is 12.1 Å². The van der Waals surface area contributed by atoms with Crippen LogP contribution in [0.3, 0.4) is 0 Å². The van der Waals surface area contributed by atoms with Crippen LogP contribution < -0.4 is 5.32 Å². The Morgan fingerprint density at radius 1 is 1.33 bits per heavy atom. The van der Waals surface area contributed by atoms with Crippen LogP contribution in [-0.4, -0.2) is 22.1 Å². The molecule has 0 fully saturated rings. The van der Waals surface area contributed by atoms with E-state index in [0.29, 0.717) is 12.0 Å². The quantitative estimate of drug-likeness (QED) is 0.878. The number of aryl methyl sites for hydroxylation is 1. The summed E-state index contributed by atoms with van der Waals surface area (Å²) in [5, 5.41) is 13.1. The van der Waals surface area contributed by atoms with Gasteiger partial charge in [-0.2, -0.15) is 0 Å². The van der Waals surface area contributed by atoms with Gasteiger partial charge in [-0.05, 0) is 52.5 Å². The smallest absolute Gasteiger partial charge is 0.251 e. The number of nitrogens with one attached hydrogen (secondary N) is 1. The summed E-state index contributed by atoms with van der Waals surface area (Å²) >= 11 is 3.40. The summed E-state index contributed by atoms with van der Waals surface area (Å²) in [6.07, 6.45) is 2.46. The molecule has 1 aliphatic rings. The van der Waals surface area contributed by atoms with Gasteiger partial charge in [0.05, 0.1) is 17.8 Å². The first-order valence-electron chi connectivity index (χ1n) is 6.83. The molecule has 0 bridgehead atoms. The number of hydrogen-bond donors (Lipinski definition) is 2. The standard InChI is InChI=1S/C16H15BrN2O2/c17-12-8-11-6-7-13(20)15(14(11)18-9-12)19-16(21)10-4-2-1-3-5-10/h1-5,8-9,13,15,20H,6-7H2,(H,19,21)/t13-,15+/m0/s1. The number of pyridine rings is 1. The lowest BCUT2D eigenvalue weighted by atomic mass is 9.89. The summed E-state index contributed by atoms with van der Waals surface area (Å²) in [6.45, 7) is 0. The molecule has 2 aromatic rings. The maximum absolute atomic E-state index is 12.3. The van der Waals surface area contributed by atoms with Crippen LogP contribution in [0.15, 0.2) is 47.1 Å². The minimum Gasteiger partial charge on any atom is -0.391 e. The maximum Gasteiger partial charge on any atom is 0.251 e. The summed E-state index contributed by atoms with van der Waals surface area (Å²) in [5.41, 5.74) is 2.39. The SMILES string of the molecule is O=C(N[C@H]1c2ncc(Br)cc2CC[C@@H]1O)c1ccccc1. The summed E-state index contributed by atoms with van der Waals surface area (Å²) in [4.78, 5) is 16.7. The van der Waals surface area contributed by atoms with E-state index in [2.05, 4.69) is 26.2 Å². The predicted molar refractivity (Wildman–Crippen MR) is 82.9 cm³/mol. The average Bonchev–Trinajstić information content (AvgIpc) is 2.51. The highest BCUT2D eigenvalue weighted by Gasteiger charge is 2.31.